The molecule has 0 aliphatic carbocycles. The highest BCUT2D eigenvalue weighted by molar-refractivity contribution is 5.86. The van der Waals surface area contributed by atoms with Gasteiger partial charge in [0.2, 0.25) is 0 Å². The van der Waals surface area contributed by atoms with E-state index >= 15 is 0 Å². The van der Waals surface area contributed by atoms with Gasteiger partial charge in [-0.25, -0.2) is 9.78 Å². The normalized spacial score (nSPS) is 8.92. The molecule has 1 aromatic heterocycles. The number of carbonyl (C=O) groups is 1. The molecule has 1 rings (SSSR count). The Morgan fingerprint density at radius 1 is 1.67 bits per heavy atom. The average Bonchev–Trinajstić information content (AvgIpc) is 2.03. The Morgan fingerprint density at radius 3 is 2.83 bits per heavy atom. The number of hydrogen-bond acceptors (Lipinski definition) is 4. The highest BCUT2D eigenvalue weighted by Gasteiger charge is 2.06. The van der Waals surface area contributed by atoms with E-state index in [1.54, 1.807) is 6.07 Å². The Labute approximate surface area is 68.1 Å². The molecule has 1 aromatic rings. The fourth-order valence-electron chi connectivity index (χ4n) is 0.726. The van der Waals surface area contributed by atoms with E-state index in [9.17, 15) is 4.79 Å². The monoisotopic (exact) mass is 163 g/mol. The molecule has 0 unspecified atom stereocenters. The van der Waals surface area contributed by atoms with E-state index < -0.39 is 5.97 Å². The van der Waals surface area contributed by atoms with Crippen molar-refractivity contribution in [3.63, 3.8) is 0 Å². The summed E-state index contributed by atoms with van der Waals surface area (Å²) in [5.41, 5.74) is 5.23. The second-order valence-electron chi connectivity index (χ2n) is 2.08. The van der Waals surface area contributed by atoms with Crippen molar-refractivity contribution in [1.29, 1.82) is 5.26 Å². The van der Waals surface area contributed by atoms with Crippen molar-refractivity contribution in [2.24, 2.45) is 0 Å². The van der Waals surface area contributed by atoms with Gasteiger partial charge in [0, 0.05) is 0 Å². The van der Waals surface area contributed by atoms with Gasteiger partial charge < -0.3 is 10.8 Å². The van der Waals surface area contributed by atoms with Gasteiger partial charge in [0.05, 0.1) is 11.6 Å². The zero-order chi connectivity index (χ0) is 9.14. The number of carboxylic acids is 1. The summed E-state index contributed by atoms with van der Waals surface area (Å²) < 4.78 is 0. The van der Waals surface area contributed by atoms with Crippen LogP contribution in [0, 0.1) is 11.3 Å². The second kappa shape index (κ2) is 2.88. The number of rotatable bonds is 1. The maximum Gasteiger partial charge on any atom is 0.354 e. The number of nitrogens with two attached hydrogens (primary N) is 1. The van der Waals surface area contributed by atoms with Gasteiger partial charge >= 0.3 is 5.97 Å². The first kappa shape index (κ1) is 8.01. The molecule has 0 aliphatic heterocycles. The van der Waals surface area contributed by atoms with E-state index in [1.165, 1.54) is 12.1 Å². The summed E-state index contributed by atoms with van der Waals surface area (Å²) >= 11 is 0. The van der Waals surface area contributed by atoms with Gasteiger partial charge in [-0.2, -0.15) is 5.26 Å². The van der Waals surface area contributed by atoms with E-state index in [0.29, 0.717) is 0 Å². The summed E-state index contributed by atoms with van der Waals surface area (Å²) in [4.78, 5) is 13.9. The molecular weight excluding hydrogens is 158 g/mol. The number of aromatic carboxylic acids is 1. The van der Waals surface area contributed by atoms with Crippen molar-refractivity contribution in [3.05, 3.63) is 23.4 Å². The Hall–Kier alpha value is -2.09. The molecule has 3 N–H and O–H groups in total. The van der Waals surface area contributed by atoms with Crippen LogP contribution in [0.1, 0.15) is 16.1 Å². The van der Waals surface area contributed by atoms with Crippen LogP contribution in [0.25, 0.3) is 0 Å². The largest absolute Gasteiger partial charge is 0.477 e. The number of nitriles is 1. The van der Waals surface area contributed by atoms with Crippen LogP contribution in [0.2, 0.25) is 0 Å². The van der Waals surface area contributed by atoms with Crippen molar-refractivity contribution in [2.75, 3.05) is 5.73 Å². The third-order valence-corrected chi connectivity index (χ3v) is 1.19. The van der Waals surface area contributed by atoms with E-state index in [0.717, 1.165) is 0 Å². The summed E-state index contributed by atoms with van der Waals surface area (Å²) in [6.45, 7) is 0. The van der Waals surface area contributed by atoms with Crippen LogP contribution >= 0.6 is 0 Å². The molecule has 0 fully saturated rings. The maximum atomic E-state index is 10.4. The van der Waals surface area contributed by atoms with E-state index in [4.69, 9.17) is 16.1 Å². The minimum atomic E-state index is -1.20. The SMILES string of the molecule is N#Cc1cc(N)nc(C(=O)O)c1. The van der Waals surface area contributed by atoms with Crippen LogP contribution < -0.4 is 5.73 Å². The van der Waals surface area contributed by atoms with Crippen molar-refractivity contribution < 1.29 is 9.90 Å². The molecule has 0 saturated carbocycles. The third kappa shape index (κ3) is 1.49. The highest BCUT2D eigenvalue weighted by atomic mass is 16.4. The molecule has 0 saturated heterocycles. The van der Waals surface area contributed by atoms with Crippen molar-refractivity contribution >= 4 is 11.8 Å². The lowest BCUT2D eigenvalue weighted by atomic mass is 10.2. The molecule has 0 radical (unpaired) electrons. The predicted molar refractivity (Wildman–Crippen MR) is 40.3 cm³/mol. The molecule has 0 aromatic carbocycles. The van der Waals surface area contributed by atoms with Crippen LogP contribution in [0.3, 0.4) is 0 Å². The van der Waals surface area contributed by atoms with Crippen LogP contribution in [0.15, 0.2) is 12.1 Å². The van der Waals surface area contributed by atoms with Gasteiger partial charge in [-0.15, -0.1) is 0 Å². The van der Waals surface area contributed by atoms with Crippen molar-refractivity contribution in [2.45, 2.75) is 0 Å². The Kier molecular flexibility index (Phi) is 1.92. The van der Waals surface area contributed by atoms with E-state index in [2.05, 4.69) is 4.98 Å². The fourth-order valence-corrected chi connectivity index (χ4v) is 0.726. The molecule has 5 nitrogen and oxygen atoms in total. The molecule has 0 spiro atoms. The smallest absolute Gasteiger partial charge is 0.354 e. The topological polar surface area (TPSA) is 100 Å². The summed E-state index contributed by atoms with van der Waals surface area (Å²) in [6, 6.07) is 4.26. The number of nitrogens with zero attached hydrogens (tertiary/aromatic N) is 2. The molecule has 0 atom stereocenters. The fraction of sp³-hybridized carbons (Fsp3) is 0. The number of carboxylic acid groups (broad SMARTS) is 1. The molecule has 60 valence electrons. The molecular formula is C7H5N3O2. The zero-order valence-electron chi connectivity index (χ0n) is 5.98. The number of aromatic nitrogens is 1. The minimum Gasteiger partial charge on any atom is -0.477 e. The lowest BCUT2D eigenvalue weighted by Gasteiger charge is -1.96. The molecule has 1 heterocycles. The Balaban J connectivity index is 3.26. The van der Waals surface area contributed by atoms with E-state index in [-0.39, 0.29) is 17.1 Å². The van der Waals surface area contributed by atoms with Gasteiger partial charge in [0.1, 0.15) is 5.82 Å². The second-order valence-corrected chi connectivity index (χ2v) is 2.08. The quantitative estimate of drug-likeness (QED) is 0.617. The van der Waals surface area contributed by atoms with E-state index in [1.807, 2.05) is 0 Å². The summed E-state index contributed by atoms with van der Waals surface area (Å²) in [5, 5.41) is 16.9. The van der Waals surface area contributed by atoms with Crippen LogP contribution in [-0.2, 0) is 0 Å². The molecule has 0 aliphatic rings. The lowest BCUT2D eigenvalue weighted by molar-refractivity contribution is 0.0690. The van der Waals surface area contributed by atoms with Crippen molar-refractivity contribution in [1.82, 2.24) is 4.98 Å². The van der Waals surface area contributed by atoms with Gasteiger partial charge in [-0.1, -0.05) is 0 Å². The standard InChI is InChI=1S/C7H5N3O2/c8-3-4-1-5(7(11)12)10-6(9)2-4/h1-2H,(H2,9,10)(H,11,12). The van der Waals surface area contributed by atoms with Gasteiger partial charge in [-0.3, -0.25) is 0 Å². The number of pyridine rings is 1. The van der Waals surface area contributed by atoms with Gasteiger partial charge in [0.25, 0.3) is 0 Å². The highest BCUT2D eigenvalue weighted by Crippen LogP contribution is 2.06. The third-order valence-electron chi connectivity index (χ3n) is 1.19. The first-order valence-electron chi connectivity index (χ1n) is 3.04. The number of hydrogen-bond donors (Lipinski definition) is 2. The lowest BCUT2D eigenvalue weighted by Crippen LogP contribution is -2.03. The Bertz CT molecular complexity index is 367. The molecule has 0 amide bonds. The molecule has 5 heteroatoms. The average molecular weight is 163 g/mol. The van der Waals surface area contributed by atoms with Crippen LogP contribution in [0.4, 0.5) is 5.82 Å². The predicted octanol–water partition coefficient (Wildman–Crippen LogP) is 0.234. The maximum absolute atomic E-state index is 10.4. The van der Waals surface area contributed by atoms with Crippen molar-refractivity contribution in [3.8, 4) is 6.07 Å². The minimum absolute atomic E-state index is 0.0338. The first-order chi connectivity index (χ1) is 5.63. The van der Waals surface area contributed by atoms with Crippen LogP contribution in [0.5, 0.6) is 0 Å². The molecule has 12 heavy (non-hydrogen) atoms. The zero-order valence-corrected chi connectivity index (χ0v) is 5.98. The number of anilines is 1. The van der Waals surface area contributed by atoms with Gasteiger partial charge in [-0.05, 0) is 12.1 Å². The van der Waals surface area contributed by atoms with Gasteiger partial charge in [0.15, 0.2) is 5.69 Å². The first-order valence-corrected chi connectivity index (χ1v) is 3.04. The summed E-state index contributed by atoms with van der Waals surface area (Å²) in [5.74, 6) is -1.16. The number of nitrogen functional groups attached to an aromatic ring is 1. The van der Waals surface area contributed by atoms with Crippen LogP contribution in [-0.4, -0.2) is 16.1 Å². The summed E-state index contributed by atoms with van der Waals surface area (Å²) in [6.07, 6.45) is 0. The molecule has 0 bridgehead atoms. The Morgan fingerprint density at radius 2 is 2.33 bits per heavy atom. The summed E-state index contributed by atoms with van der Waals surface area (Å²) in [7, 11) is 0.